The van der Waals surface area contributed by atoms with E-state index in [9.17, 15) is 10.2 Å². The maximum atomic E-state index is 10.9. The molecule has 3 fully saturated rings. The fraction of sp³-hybridized carbons (Fsp3) is 0.900. The van der Waals surface area contributed by atoms with Gasteiger partial charge in [-0.15, -0.1) is 0 Å². The first kappa shape index (κ1) is 15.2. The topological polar surface area (TPSA) is 40.5 Å². The van der Waals surface area contributed by atoms with Crippen LogP contribution in [0.3, 0.4) is 0 Å². The van der Waals surface area contributed by atoms with Crippen LogP contribution < -0.4 is 0 Å². The molecular formula is C20H32O2. The van der Waals surface area contributed by atoms with E-state index in [2.05, 4.69) is 26.8 Å². The summed E-state index contributed by atoms with van der Waals surface area (Å²) in [5, 5.41) is 21.2. The van der Waals surface area contributed by atoms with Crippen LogP contribution in [0.5, 0.6) is 0 Å². The molecule has 0 saturated heterocycles. The number of aliphatic hydroxyl groups is 2. The van der Waals surface area contributed by atoms with Crippen molar-refractivity contribution >= 4 is 0 Å². The van der Waals surface area contributed by atoms with E-state index in [0.717, 1.165) is 11.8 Å². The molecule has 0 bridgehead atoms. The third-order valence-corrected chi connectivity index (χ3v) is 8.45. The summed E-state index contributed by atoms with van der Waals surface area (Å²) in [7, 11) is 0. The van der Waals surface area contributed by atoms with Gasteiger partial charge in [-0.1, -0.05) is 38.8 Å². The average molecular weight is 304 g/mol. The molecule has 4 aliphatic carbocycles. The molecular weight excluding hydrogens is 272 g/mol. The Morgan fingerprint density at radius 2 is 1.86 bits per heavy atom. The molecule has 0 amide bonds. The minimum Gasteiger partial charge on any atom is -0.392 e. The van der Waals surface area contributed by atoms with Gasteiger partial charge < -0.3 is 10.2 Å². The summed E-state index contributed by atoms with van der Waals surface area (Å²) in [5.41, 5.74) is 1.83. The van der Waals surface area contributed by atoms with E-state index in [1.165, 1.54) is 44.1 Å². The highest BCUT2D eigenvalue weighted by molar-refractivity contribution is 5.29. The molecule has 0 heterocycles. The second kappa shape index (κ2) is 4.83. The van der Waals surface area contributed by atoms with E-state index in [0.29, 0.717) is 17.8 Å². The van der Waals surface area contributed by atoms with Crippen molar-refractivity contribution in [2.24, 2.45) is 34.5 Å². The summed E-state index contributed by atoms with van der Waals surface area (Å²) in [6.45, 7) is 6.98. The van der Waals surface area contributed by atoms with Gasteiger partial charge in [-0.2, -0.15) is 0 Å². The van der Waals surface area contributed by atoms with E-state index >= 15 is 0 Å². The zero-order chi connectivity index (χ0) is 15.7. The zero-order valence-corrected chi connectivity index (χ0v) is 14.4. The fourth-order valence-electron chi connectivity index (χ4n) is 7.05. The van der Waals surface area contributed by atoms with Crippen LogP contribution >= 0.6 is 0 Å². The normalized spacial score (nSPS) is 57.6. The average Bonchev–Trinajstić information content (AvgIpc) is 2.87. The molecule has 0 radical (unpaired) electrons. The molecule has 2 heteroatoms. The van der Waals surface area contributed by atoms with E-state index in [1.54, 1.807) is 0 Å². The first-order chi connectivity index (χ1) is 10.4. The summed E-state index contributed by atoms with van der Waals surface area (Å²) in [6, 6.07) is 0. The monoisotopic (exact) mass is 304 g/mol. The largest absolute Gasteiger partial charge is 0.392 e. The van der Waals surface area contributed by atoms with Crippen molar-refractivity contribution in [2.75, 3.05) is 0 Å². The summed E-state index contributed by atoms with van der Waals surface area (Å²) < 4.78 is 0. The minimum absolute atomic E-state index is 0.0918. The van der Waals surface area contributed by atoms with Crippen LogP contribution in [0.15, 0.2) is 11.6 Å². The molecule has 0 aliphatic heterocycles. The van der Waals surface area contributed by atoms with E-state index in [-0.39, 0.29) is 23.5 Å². The lowest BCUT2D eigenvalue weighted by Gasteiger charge is -2.59. The standard InChI is InChI=1S/C20H32O2/c1-12-14-7-6-13-15-5-4-9-19(15,2)10-8-16(13)20(14,3)18(22)11-17(12)21/h7,12-13,15-18,21-22H,4-6,8-11H2,1-3H3/t12?,13-,15-,16+,17?,18?,19-,20-/m0/s1. The predicted octanol–water partition coefficient (Wildman–Crippen LogP) is 3.92. The van der Waals surface area contributed by atoms with Gasteiger partial charge in [-0.3, -0.25) is 0 Å². The quantitative estimate of drug-likeness (QED) is 0.666. The number of hydrogen-bond donors (Lipinski definition) is 2. The maximum absolute atomic E-state index is 10.9. The summed E-state index contributed by atoms with van der Waals surface area (Å²) in [4.78, 5) is 0. The molecule has 3 saturated carbocycles. The highest BCUT2D eigenvalue weighted by Crippen LogP contribution is 2.65. The maximum Gasteiger partial charge on any atom is 0.0658 e. The Balaban J connectivity index is 1.74. The van der Waals surface area contributed by atoms with Crippen LogP contribution in [0.25, 0.3) is 0 Å². The van der Waals surface area contributed by atoms with Gasteiger partial charge in [0.15, 0.2) is 0 Å². The third kappa shape index (κ3) is 1.80. The first-order valence-electron chi connectivity index (χ1n) is 9.44. The Kier molecular flexibility index (Phi) is 3.34. The van der Waals surface area contributed by atoms with Crippen molar-refractivity contribution < 1.29 is 10.2 Å². The van der Waals surface area contributed by atoms with Crippen molar-refractivity contribution in [1.82, 2.24) is 0 Å². The van der Waals surface area contributed by atoms with Gasteiger partial charge >= 0.3 is 0 Å². The summed E-state index contributed by atoms with van der Waals surface area (Å²) >= 11 is 0. The zero-order valence-electron chi connectivity index (χ0n) is 14.4. The van der Waals surface area contributed by atoms with Crippen LogP contribution in [-0.4, -0.2) is 22.4 Å². The lowest BCUT2D eigenvalue weighted by molar-refractivity contribution is -0.111. The second-order valence-corrected chi connectivity index (χ2v) is 9.25. The highest BCUT2D eigenvalue weighted by Gasteiger charge is 2.59. The molecule has 4 rings (SSSR count). The number of fused-ring (bicyclic) bond motifs is 5. The van der Waals surface area contributed by atoms with Crippen molar-refractivity contribution in [3.8, 4) is 0 Å². The Morgan fingerprint density at radius 1 is 1.09 bits per heavy atom. The molecule has 0 aromatic rings. The van der Waals surface area contributed by atoms with Gasteiger partial charge in [0.05, 0.1) is 12.2 Å². The Bertz CT molecular complexity index is 498. The number of aliphatic hydroxyl groups excluding tert-OH is 2. The molecule has 8 atom stereocenters. The third-order valence-electron chi connectivity index (χ3n) is 8.45. The van der Waals surface area contributed by atoms with E-state index in [1.807, 2.05) is 0 Å². The van der Waals surface area contributed by atoms with Crippen molar-refractivity contribution in [1.29, 1.82) is 0 Å². The Hall–Kier alpha value is -0.340. The molecule has 2 nitrogen and oxygen atoms in total. The molecule has 124 valence electrons. The summed E-state index contributed by atoms with van der Waals surface area (Å²) in [6.07, 6.45) is 10.2. The minimum atomic E-state index is -0.372. The van der Waals surface area contributed by atoms with E-state index < -0.39 is 0 Å². The molecule has 3 unspecified atom stereocenters. The Morgan fingerprint density at radius 3 is 2.64 bits per heavy atom. The number of rotatable bonds is 0. The number of allylic oxidation sites excluding steroid dienone is 1. The van der Waals surface area contributed by atoms with Gasteiger partial charge in [0.1, 0.15) is 0 Å². The van der Waals surface area contributed by atoms with Crippen LogP contribution in [0.4, 0.5) is 0 Å². The fourth-order valence-corrected chi connectivity index (χ4v) is 7.05. The lowest BCUT2D eigenvalue weighted by atomic mass is 9.46. The van der Waals surface area contributed by atoms with Gasteiger partial charge in [-0.05, 0) is 55.3 Å². The van der Waals surface area contributed by atoms with Gasteiger partial charge in [0.25, 0.3) is 0 Å². The van der Waals surface area contributed by atoms with Gasteiger partial charge in [0.2, 0.25) is 0 Å². The van der Waals surface area contributed by atoms with Crippen LogP contribution in [0.2, 0.25) is 0 Å². The molecule has 0 aromatic carbocycles. The van der Waals surface area contributed by atoms with Crippen molar-refractivity contribution in [2.45, 2.75) is 77.9 Å². The highest BCUT2D eigenvalue weighted by atomic mass is 16.3. The lowest BCUT2D eigenvalue weighted by Crippen LogP contribution is -2.57. The second-order valence-electron chi connectivity index (χ2n) is 9.25. The molecule has 0 spiro atoms. The van der Waals surface area contributed by atoms with Crippen LogP contribution in [-0.2, 0) is 0 Å². The van der Waals surface area contributed by atoms with Crippen molar-refractivity contribution in [3.63, 3.8) is 0 Å². The van der Waals surface area contributed by atoms with E-state index in [4.69, 9.17) is 0 Å². The molecule has 22 heavy (non-hydrogen) atoms. The van der Waals surface area contributed by atoms with Crippen LogP contribution in [0.1, 0.15) is 65.7 Å². The molecule has 0 aromatic heterocycles. The van der Waals surface area contributed by atoms with Gasteiger partial charge in [0, 0.05) is 17.8 Å². The number of hydrogen-bond acceptors (Lipinski definition) is 2. The molecule has 2 N–H and O–H groups in total. The first-order valence-corrected chi connectivity index (χ1v) is 9.44. The van der Waals surface area contributed by atoms with Gasteiger partial charge in [-0.25, -0.2) is 0 Å². The predicted molar refractivity (Wildman–Crippen MR) is 88.3 cm³/mol. The van der Waals surface area contributed by atoms with Crippen LogP contribution in [0, 0.1) is 34.5 Å². The SMILES string of the molecule is CC1C2=CC[C@@H]3[C@@H](CC[C@]4(C)CCC[C@@H]34)[C@@]2(C)C(O)CC1O. The smallest absolute Gasteiger partial charge is 0.0658 e. The van der Waals surface area contributed by atoms with Crippen molar-refractivity contribution in [3.05, 3.63) is 11.6 Å². The summed E-state index contributed by atoms with van der Waals surface area (Å²) in [5.74, 6) is 2.45. The Labute approximate surface area is 135 Å². The molecule has 4 aliphatic rings.